The van der Waals surface area contributed by atoms with Crippen LogP contribution in [0.15, 0.2) is 42.7 Å². The average molecular weight is 343 g/mol. The summed E-state index contributed by atoms with van der Waals surface area (Å²) in [5.74, 6) is -1.40. The number of carbonyl (C=O) groups is 2. The van der Waals surface area contributed by atoms with Crippen LogP contribution in [-0.2, 0) is 4.74 Å². The van der Waals surface area contributed by atoms with Gasteiger partial charge in [-0.15, -0.1) is 0 Å². The summed E-state index contributed by atoms with van der Waals surface area (Å²) >= 11 is 0. The molecule has 2 N–H and O–H groups in total. The molecule has 0 spiro atoms. The van der Waals surface area contributed by atoms with Crippen LogP contribution in [0.5, 0.6) is 0 Å². The first kappa shape index (κ1) is 17.0. The van der Waals surface area contributed by atoms with Gasteiger partial charge >= 0.3 is 0 Å². The van der Waals surface area contributed by atoms with Crippen molar-refractivity contribution in [3.05, 3.63) is 59.7 Å². The molecule has 2 amide bonds. The van der Waals surface area contributed by atoms with Crippen LogP contribution in [0, 0.1) is 5.82 Å². The number of benzene rings is 1. The minimum atomic E-state index is -0.536. The Morgan fingerprint density at radius 2 is 1.96 bits per heavy atom. The molecule has 6 nitrogen and oxygen atoms in total. The Labute approximate surface area is 144 Å². The van der Waals surface area contributed by atoms with Crippen molar-refractivity contribution in [2.45, 2.75) is 18.9 Å². The van der Waals surface area contributed by atoms with Crippen molar-refractivity contribution in [1.82, 2.24) is 10.3 Å². The molecule has 2 aromatic rings. The maximum atomic E-state index is 13.6. The Morgan fingerprint density at radius 1 is 1.20 bits per heavy atom. The van der Waals surface area contributed by atoms with Gasteiger partial charge in [0.1, 0.15) is 5.82 Å². The van der Waals surface area contributed by atoms with Gasteiger partial charge in [0.2, 0.25) is 0 Å². The Kier molecular flexibility index (Phi) is 5.35. The molecule has 7 heteroatoms. The average Bonchev–Trinajstić information content (AvgIpc) is 3.15. The monoisotopic (exact) mass is 343 g/mol. The number of hydrogen-bond donors (Lipinski definition) is 2. The van der Waals surface area contributed by atoms with Crippen LogP contribution in [0.4, 0.5) is 10.1 Å². The third-order valence-corrected chi connectivity index (χ3v) is 3.90. The molecule has 0 aliphatic carbocycles. The van der Waals surface area contributed by atoms with E-state index in [0.29, 0.717) is 13.2 Å². The second-order valence-electron chi connectivity index (χ2n) is 5.74. The van der Waals surface area contributed by atoms with E-state index >= 15 is 0 Å². The summed E-state index contributed by atoms with van der Waals surface area (Å²) in [7, 11) is 0. The van der Waals surface area contributed by atoms with Crippen LogP contribution < -0.4 is 10.6 Å². The molecule has 0 radical (unpaired) electrons. The van der Waals surface area contributed by atoms with E-state index in [4.69, 9.17) is 4.74 Å². The number of nitrogens with zero attached hydrogens (tertiary/aromatic N) is 1. The highest BCUT2D eigenvalue weighted by Gasteiger charge is 2.17. The lowest BCUT2D eigenvalue weighted by atomic mass is 10.1. The maximum absolute atomic E-state index is 13.6. The van der Waals surface area contributed by atoms with Crippen molar-refractivity contribution in [3.8, 4) is 0 Å². The largest absolute Gasteiger partial charge is 0.376 e. The molecule has 1 saturated heterocycles. The van der Waals surface area contributed by atoms with Crippen molar-refractivity contribution in [2.75, 3.05) is 18.5 Å². The lowest BCUT2D eigenvalue weighted by Crippen LogP contribution is -2.32. The van der Waals surface area contributed by atoms with Gasteiger partial charge in [-0.25, -0.2) is 4.39 Å². The molecule has 1 aromatic heterocycles. The molecule has 0 saturated carbocycles. The van der Waals surface area contributed by atoms with Crippen LogP contribution >= 0.6 is 0 Å². The zero-order valence-electron chi connectivity index (χ0n) is 13.5. The number of para-hydroxylation sites is 1. The van der Waals surface area contributed by atoms with Gasteiger partial charge in [-0.3, -0.25) is 14.6 Å². The smallest absolute Gasteiger partial charge is 0.257 e. The van der Waals surface area contributed by atoms with Crippen molar-refractivity contribution >= 4 is 17.5 Å². The number of nitrogens with one attached hydrogen (secondary N) is 2. The Hall–Kier alpha value is -2.80. The first-order chi connectivity index (χ1) is 12.1. The van der Waals surface area contributed by atoms with Crippen LogP contribution in [0.25, 0.3) is 0 Å². The lowest BCUT2D eigenvalue weighted by molar-refractivity contribution is 0.0857. The second-order valence-corrected chi connectivity index (χ2v) is 5.74. The van der Waals surface area contributed by atoms with E-state index < -0.39 is 11.7 Å². The first-order valence-corrected chi connectivity index (χ1v) is 8.04. The number of aromatic nitrogens is 1. The topological polar surface area (TPSA) is 80.3 Å². The predicted molar refractivity (Wildman–Crippen MR) is 89.9 cm³/mol. The number of amides is 2. The van der Waals surface area contributed by atoms with Gasteiger partial charge in [-0.05, 0) is 31.0 Å². The molecule has 1 fully saturated rings. The molecule has 130 valence electrons. The normalized spacial score (nSPS) is 16.4. The van der Waals surface area contributed by atoms with Crippen LogP contribution in [-0.4, -0.2) is 36.1 Å². The molecule has 1 aliphatic heterocycles. The molecular formula is C18H18FN3O3. The highest BCUT2D eigenvalue weighted by Crippen LogP contribution is 2.14. The van der Waals surface area contributed by atoms with E-state index in [1.54, 1.807) is 6.07 Å². The standard InChI is InChI=1S/C18H18FN3O3/c19-15-5-1-2-6-16(15)22-18(24)13-8-12(9-20-10-13)17(23)21-11-14-4-3-7-25-14/h1-2,5-6,8-10,14H,3-4,7,11H2,(H,21,23)(H,22,24). The summed E-state index contributed by atoms with van der Waals surface area (Å²) in [5.41, 5.74) is 0.507. The third-order valence-electron chi connectivity index (χ3n) is 3.90. The number of anilines is 1. The van der Waals surface area contributed by atoms with Crippen molar-refractivity contribution in [3.63, 3.8) is 0 Å². The van der Waals surface area contributed by atoms with Crippen LogP contribution in [0.1, 0.15) is 33.6 Å². The minimum Gasteiger partial charge on any atom is -0.376 e. The molecule has 1 aromatic carbocycles. The zero-order chi connectivity index (χ0) is 17.6. The fourth-order valence-electron chi connectivity index (χ4n) is 2.56. The summed E-state index contributed by atoms with van der Waals surface area (Å²) < 4.78 is 19.1. The summed E-state index contributed by atoms with van der Waals surface area (Å²) in [6.45, 7) is 1.14. The van der Waals surface area contributed by atoms with Gasteiger partial charge in [0.15, 0.2) is 0 Å². The molecule has 25 heavy (non-hydrogen) atoms. The zero-order valence-corrected chi connectivity index (χ0v) is 13.5. The van der Waals surface area contributed by atoms with Gasteiger partial charge < -0.3 is 15.4 Å². The van der Waals surface area contributed by atoms with Gasteiger partial charge in [0.05, 0.1) is 22.9 Å². The summed E-state index contributed by atoms with van der Waals surface area (Å²) in [5, 5.41) is 5.23. The lowest BCUT2D eigenvalue weighted by Gasteiger charge is -2.11. The maximum Gasteiger partial charge on any atom is 0.257 e. The molecule has 0 bridgehead atoms. The molecule has 1 aliphatic rings. The molecule has 1 atom stereocenters. The van der Waals surface area contributed by atoms with Crippen molar-refractivity contribution in [1.29, 1.82) is 0 Å². The fraction of sp³-hybridized carbons (Fsp3) is 0.278. The van der Waals surface area contributed by atoms with E-state index in [1.807, 2.05) is 0 Å². The first-order valence-electron chi connectivity index (χ1n) is 8.04. The highest BCUT2D eigenvalue weighted by atomic mass is 19.1. The minimum absolute atomic E-state index is 0.0319. The van der Waals surface area contributed by atoms with Crippen LogP contribution in [0.3, 0.4) is 0 Å². The number of rotatable bonds is 5. The third kappa shape index (κ3) is 4.39. The number of hydrogen-bond acceptors (Lipinski definition) is 4. The fourth-order valence-corrected chi connectivity index (χ4v) is 2.56. The van der Waals surface area contributed by atoms with E-state index in [9.17, 15) is 14.0 Å². The van der Waals surface area contributed by atoms with E-state index in [0.717, 1.165) is 12.8 Å². The number of pyridine rings is 1. The SMILES string of the molecule is O=C(NCC1CCCO1)c1cncc(C(=O)Nc2ccccc2F)c1. The second kappa shape index (κ2) is 7.85. The van der Waals surface area contributed by atoms with E-state index in [1.165, 1.54) is 36.7 Å². The van der Waals surface area contributed by atoms with Gasteiger partial charge in [-0.2, -0.15) is 0 Å². The van der Waals surface area contributed by atoms with Crippen LogP contribution in [0.2, 0.25) is 0 Å². The quantitative estimate of drug-likeness (QED) is 0.873. The van der Waals surface area contributed by atoms with Crippen molar-refractivity contribution < 1.29 is 18.7 Å². The number of carbonyl (C=O) groups excluding carboxylic acids is 2. The summed E-state index contributed by atoms with van der Waals surface area (Å²) in [6.07, 6.45) is 4.65. The Bertz CT molecular complexity index is 776. The molecular weight excluding hydrogens is 325 g/mol. The highest BCUT2D eigenvalue weighted by molar-refractivity contribution is 6.05. The Morgan fingerprint density at radius 3 is 2.68 bits per heavy atom. The van der Waals surface area contributed by atoms with Gasteiger partial charge in [-0.1, -0.05) is 12.1 Å². The number of halogens is 1. The Balaban J connectivity index is 1.64. The molecule has 1 unspecified atom stereocenters. The van der Waals surface area contributed by atoms with Gasteiger partial charge in [0, 0.05) is 25.5 Å². The van der Waals surface area contributed by atoms with E-state index in [2.05, 4.69) is 15.6 Å². The van der Waals surface area contributed by atoms with E-state index in [-0.39, 0.29) is 28.8 Å². The molecule has 3 rings (SSSR count). The van der Waals surface area contributed by atoms with Gasteiger partial charge in [0.25, 0.3) is 11.8 Å². The number of ether oxygens (including phenoxy) is 1. The molecule has 2 heterocycles. The summed E-state index contributed by atoms with van der Waals surface area (Å²) in [6, 6.07) is 7.28. The van der Waals surface area contributed by atoms with Crippen molar-refractivity contribution in [2.24, 2.45) is 0 Å². The predicted octanol–water partition coefficient (Wildman–Crippen LogP) is 2.38. The summed E-state index contributed by atoms with van der Waals surface area (Å²) in [4.78, 5) is 28.4.